The van der Waals surface area contributed by atoms with Gasteiger partial charge in [-0.2, -0.15) is 0 Å². The second kappa shape index (κ2) is 10.3. The molecule has 1 N–H and O–H groups in total. The van der Waals surface area contributed by atoms with Crippen LogP contribution in [0, 0.1) is 0 Å². The third kappa shape index (κ3) is 5.21. The first-order valence-corrected chi connectivity index (χ1v) is 12.9. The van der Waals surface area contributed by atoms with E-state index in [1.807, 2.05) is 13.8 Å². The molecule has 1 aliphatic heterocycles. The number of benzene rings is 2. The summed E-state index contributed by atoms with van der Waals surface area (Å²) in [6, 6.07) is 9.50. The van der Waals surface area contributed by atoms with Gasteiger partial charge in [0.25, 0.3) is 15.9 Å². The SMILES string of the molecule is CC[C@H](C)NC(=O)[C@H](C)N(Cc1ccc(Cl)c(Cl)c1)C(=O)CN1C(=O)c2ccccc2S1(=O)=O. The Hall–Kier alpha value is -2.62. The van der Waals surface area contributed by atoms with E-state index in [2.05, 4.69) is 5.32 Å². The largest absolute Gasteiger partial charge is 0.352 e. The summed E-state index contributed by atoms with van der Waals surface area (Å²) in [4.78, 5) is 40.0. The molecule has 2 aromatic carbocycles. The molecule has 3 amide bonds. The molecule has 0 aromatic heterocycles. The van der Waals surface area contributed by atoms with E-state index in [4.69, 9.17) is 23.2 Å². The number of halogens is 2. The van der Waals surface area contributed by atoms with Gasteiger partial charge in [-0.3, -0.25) is 14.4 Å². The average molecular weight is 526 g/mol. The maximum Gasteiger partial charge on any atom is 0.269 e. The van der Waals surface area contributed by atoms with Gasteiger partial charge in [0.2, 0.25) is 11.8 Å². The van der Waals surface area contributed by atoms with E-state index in [-0.39, 0.29) is 28.1 Å². The topological polar surface area (TPSA) is 104 Å². The highest BCUT2D eigenvalue weighted by molar-refractivity contribution is 7.90. The summed E-state index contributed by atoms with van der Waals surface area (Å²) < 4.78 is 26.4. The number of rotatable bonds is 8. The van der Waals surface area contributed by atoms with Gasteiger partial charge in [-0.15, -0.1) is 0 Å². The minimum atomic E-state index is -4.18. The molecule has 1 aliphatic rings. The normalized spacial score (nSPS) is 16.0. The van der Waals surface area contributed by atoms with Gasteiger partial charge in [0.1, 0.15) is 17.5 Å². The summed E-state index contributed by atoms with van der Waals surface area (Å²) in [6.45, 7) is 4.51. The Morgan fingerprint density at radius 3 is 2.38 bits per heavy atom. The van der Waals surface area contributed by atoms with Gasteiger partial charge in [-0.1, -0.05) is 48.3 Å². The fraction of sp³-hybridized carbons (Fsp3) is 0.348. The molecule has 0 saturated carbocycles. The molecule has 0 fully saturated rings. The summed E-state index contributed by atoms with van der Waals surface area (Å²) in [7, 11) is -4.18. The average Bonchev–Trinajstić information content (AvgIpc) is 2.99. The van der Waals surface area contributed by atoms with Crippen LogP contribution in [0.2, 0.25) is 10.0 Å². The van der Waals surface area contributed by atoms with Gasteiger partial charge in [0.05, 0.1) is 15.6 Å². The molecule has 0 aliphatic carbocycles. The lowest BCUT2D eigenvalue weighted by atomic mass is 10.1. The third-order valence-corrected chi connectivity index (χ3v) is 8.22. The van der Waals surface area contributed by atoms with Crippen molar-refractivity contribution >= 4 is 50.9 Å². The standard InChI is InChI=1S/C23H25Cl2N3O5S/c1-4-14(2)26-22(30)15(3)27(12-16-9-10-18(24)19(25)11-16)21(29)13-28-23(31)17-7-5-6-8-20(17)34(28,32)33/h5-11,14-15H,4,12-13H2,1-3H3,(H,26,30)/t14-,15-/m0/s1. The number of amides is 3. The molecule has 3 rings (SSSR count). The number of sulfonamides is 1. The van der Waals surface area contributed by atoms with Gasteiger partial charge in [0, 0.05) is 12.6 Å². The van der Waals surface area contributed by atoms with Gasteiger partial charge in [0.15, 0.2) is 0 Å². The summed E-state index contributed by atoms with van der Waals surface area (Å²) >= 11 is 12.1. The van der Waals surface area contributed by atoms with Crippen LogP contribution in [0.15, 0.2) is 47.4 Å². The van der Waals surface area contributed by atoms with Crippen LogP contribution in [0.1, 0.15) is 43.1 Å². The summed E-state index contributed by atoms with van der Waals surface area (Å²) in [5.74, 6) is -1.89. The maximum absolute atomic E-state index is 13.4. The van der Waals surface area contributed by atoms with Crippen LogP contribution < -0.4 is 5.32 Å². The highest BCUT2D eigenvalue weighted by Gasteiger charge is 2.43. The second-order valence-corrected chi connectivity index (χ2v) is 10.7. The molecule has 0 bridgehead atoms. The van der Waals surface area contributed by atoms with E-state index < -0.39 is 40.3 Å². The molecule has 0 spiro atoms. The van der Waals surface area contributed by atoms with Crippen molar-refractivity contribution in [2.75, 3.05) is 6.54 Å². The number of hydrogen-bond donors (Lipinski definition) is 1. The number of nitrogens with zero attached hydrogens (tertiary/aromatic N) is 2. The van der Waals surface area contributed by atoms with Crippen molar-refractivity contribution in [2.45, 2.75) is 50.7 Å². The van der Waals surface area contributed by atoms with Crippen LogP contribution in [-0.4, -0.2) is 54.0 Å². The Balaban J connectivity index is 1.90. The van der Waals surface area contributed by atoms with Crippen LogP contribution >= 0.6 is 23.2 Å². The zero-order valence-corrected chi connectivity index (χ0v) is 21.2. The second-order valence-electron chi connectivity index (χ2n) is 8.08. The summed E-state index contributed by atoms with van der Waals surface area (Å²) in [5, 5.41) is 3.43. The molecule has 8 nitrogen and oxygen atoms in total. The lowest BCUT2D eigenvalue weighted by molar-refractivity contribution is -0.140. The summed E-state index contributed by atoms with van der Waals surface area (Å²) in [5.41, 5.74) is 0.596. The van der Waals surface area contributed by atoms with E-state index >= 15 is 0 Å². The molecule has 0 saturated heterocycles. The number of fused-ring (bicyclic) bond motifs is 1. The highest BCUT2D eigenvalue weighted by Crippen LogP contribution is 2.30. The Labute approximate surface area is 208 Å². The predicted octanol–water partition coefficient (Wildman–Crippen LogP) is 3.47. The van der Waals surface area contributed by atoms with Crippen molar-refractivity contribution in [3.63, 3.8) is 0 Å². The van der Waals surface area contributed by atoms with Gasteiger partial charge < -0.3 is 10.2 Å². The van der Waals surface area contributed by atoms with Crippen molar-refractivity contribution in [1.29, 1.82) is 0 Å². The van der Waals surface area contributed by atoms with E-state index in [0.717, 1.165) is 0 Å². The van der Waals surface area contributed by atoms with Crippen molar-refractivity contribution in [1.82, 2.24) is 14.5 Å². The zero-order chi connectivity index (χ0) is 25.2. The number of carbonyl (C=O) groups excluding carboxylic acids is 3. The molecule has 0 unspecified atom stereocenters. The Morgan fingerprint density at radius 1 is 1.09 bits per heavy atom. The van der Waals surface area contributed by atoms with E-state index in [9.17, 15) is 22.8 Å². The molecule has 2 atom stereocenters. The summed E-state index contributed by atoms with van der Waals surface area (Å²) in [6.07, 6.45) is 0.692. The van der Waals surface area contributed by atoms with Crippen LogP contribution in [0.3, 0.4) is 0 Å². The quantitative estimate of drug-likeness (QED) is 0.568. The molecule has 34 heavy (non-hydrogen) atoms. The van der Waals surface area contributed by atoms with Crippen molar-refractivity contribution in [3.05, 3.63) is 63.6 Å². The molecular formula is C23H25Cl2N3O5S. The first-order valence-electron chi connectivity index (χ1n) is 10.7. The molecule has 182 valence electrons. The minimum absolute atomic E-state index is 0.00824. The maximum atomic E-state index is 13.4. The van der Waals surface area contributed by atoms with E-state index in [1.54, 1.807) is 31.2 Å². The number of carbonyl (C=O) groups is 3. The van der Waals surface area contributed by atoms with Crippen LogP contribution in [0.4, 0.5) is 0 Å². The van der Waals surface area contributed by atoms with Crippen LogP contribution in [-0.2, 0) is 26.2 Å². The first-order chi connectivity index (χ1) is 16.0. The fourth-order valence-electron chi connectivity index (χ4n) is 3.48. The number of hydrogen-bond acceptors (Lipinski definition) is 5. The van der Waals surface area contributed by atoms with Crippen LogP contribution in [0.25, 0.3) is 0 Å². The Kier molecular flexibility index (Phi) is 7.90. The zero-order valence-electron chi connectivity index (χ0n) is 18.9. The fourth-order valence-corrected chi connectivity index (χ4v) is 5.32. The lowest BCUT2D eigenvalue weighted by Gasteiger charge is -2.31. The van der Waals surface area contributed by atoms with Crippen molar-refractivity contribution in [3.8, 4) is 0 Å². The van der Waals surface area contributed by atoms with Gasteiger partial charge in [-0.25, -0.2) is 12.7 Å². The smallest absolute Gasteiger partial charge is 0.269 e. The van der Waals surface area contributed by atoms with Gasteiger partial charge in [-0.05, 0) is 50.1 Å². The molecule has 1 heterocycles. The van der Waals surface area contributed by atoms with E-state index in [0.29, 0.717) is 21.3 Å². The van der Waals surface area contributed by atoms with Crippen LogP contribution in [0.5, 0.6) is 0 Å². The third-order valence-electron chi connectivity index (χ3n) is 5.70. The lowest BCUT2D eigenvalue weighted by Crippen LogP contribution is -2.52. The molecular weight excluding hydrogens is 501 g/mol. The van der Waals surface area contributed by atoms with Gasteiger partial charge >= 0.3 is 0 Å². The molecule has 11 heteroatoms. The first kappa shape index (κ1) is 26.0. The predicted molar refractivity (Wildman–Crippen MR) is 129 cm³/mol. The Morgan fingerprint density at radius 2 is 1.76 bits per heavy atom. The van der Waals surface area contributed by atoms with E-state index in [1.165, 1.54) is 23.1 Å². The minimum Gasteiger partial charge on any atom is -0.352 e. The number of nitrogens with one attached hydrogen (secondary N) is 1. The monoisotopic (exact) mass is 525 g/mol. The molecule has 2 aromatic rings. The Bertz CT molecular complexity index is 1230. The molecule has 0 radical (unpaired) electrons. The van der Waals surface area contributed by atoms with Crippen molar-refractivity contribution < 1.29 is 22.8 Å². The highest BCUT2D eigenvalue weighted by atomic mass is 35.5. The van der Waals surface area contributed by atoms with Crippen molar-refractivity contribution in [2.24, 2.45) is 0 Å².